The van der Waals surface area contributed by atoms with Crippen molar-refractivity contribution in [2.24, 2.45) is 5.73 Å². The summed E-state index contributed by atoms with van der Waals surface area (Å²) >= 11 is 0. The number of nitrogens with zero attached hydrogens (tertiary/aromatic N) is 1. The molecule has 14 heavy (non-hydrogen) atoms. The number of ether oxygens (including phenoxy) is 1. The number of hydrogen-bond acceptors (Lipinski definition) is 4. The highest BCUT2D eigenvalue weighted by molar-refractivity contribution is 7.89. The highest BCUT2D eigenvalue weighted by Gasteiger charge is 2.28. The van der Waals surface area contributed by atoms with Crippen molar-refractivity contribution in [3.63, 3.8) is 0 Å². The van der Waals surface area contributed by atoms with Crippen LogP contribution >= 0.6 is 0 Å². The average Bonchev–Trinajstić information content (AvgIpc) is 2.53. The fraction of sp³-hybridized carbons (Fsp3) is 1.00. The molecule has 0 saturated carbocycles. The van der Waals surface area contributed by atoms with Gasteiger partial charge >= 0.3 is 0 Å². The van der Waals surface area contributed by atoms with E-state index in [4.69, 9.17) is 10.5 Å². The molecule has 1 saturated heterocycles. The molecule has 0 spiro atoms. The molecule has 5 nitrogen and oxygen atoms in total. The van der Waals surface area contributed by atoms with Crippen molar-refractivity contribution in [1.82, 2.24) is 4.31 Å². The normalized spacial score (nSPS) is 24.3. The predicted molar refractivity (Wildman–Crippen MR) is 54.4 cm³/mol. The second-order valence-corrected chi connectivity index (χ2v) is 5.51. The molecular weight excluding hydrogens is 204 g/mol. The quantitative estimate of drug-likeness (QED) is 0.630. The van der Waals surface area contributed by atoms with E-state index in [-0.39, 0.29) is 18.4 Å². The lowest BCUT2D eigenvalue weighted by Gasteiger charge is -2.15. The van der Waals surface area contributed by atoms with Gasteiger partial charge in [-0.1, -0.05) is 0 Å². The maximum atomic E-state index is 11.6. The molecule has 0 radical (unpaired) electrons. The minimum Gasteiger partial charge on any atom is -0.381 e. The van der Waals surface area contributed by atoms with E-state index in [1.54, 1.807) is 0 Å². The second kappa shape index (κ2) is 5.06. The Balaban J connectivity index is 2.41. The van der Waals surface area contributed by atoms with E-state index in [0.29, 0.717) is 19.7 Å². The molecular formula is C8H18N2O3S. The van der Waals surface area contributed by atoms with E-state index in [1.165, 1.54) is 4.31 Å². The lowest BCUT2D eigenvalue weighted by atomic mass is 10.3. The van der Waals surface area contributed by atoms with Crippen molar-refractivity contribution in [3.05, 3.63) is 0 Å². The van der Waals surface area contributed by atoms with Gasteiger partial charge in [0.2, 0.25) is 10.0 Å². The van der Waals surface area contributed by atoms with Crippen LogP contribution in [0.2, 0.25) is 0 Å². The number of nitrogens with two attached hydrogens (primary N) is 1. The van der Waals surface area contributed by atoms with E-state index < -0.39 is 10.0 Å². The molecule has 1 rings (SSSR count). The Morgan fingerprint density at radius 2 is 2.29 bits per heavy atom. The van der Waals surface area contributed by atoms with Crippen molar-refractivity contribution in [3.8, 4) is 0 Å². The number of rotatable bonds is 5. The minimum atomic E-state index is -3.14. The fourth-order valence-corrected chi connectivity index (χ4v) is 2.83. The summed E-state index contributed by atoms with van der Waals surface area (Å²) in [6.45, 7) is 3.67. The van der Waals surface area contributed by atoms with Gasteiger partial charge in [0.25, 0.3) is 0 Å². The zero-order chi connectivity index (χ0) is 10.6. The molecule has 0 aromatic heterocycles. The Bertz CT molecular complexity index is 266. The van der Waals surface area contributed by atoms with Gasteiger partial charge in [-0.2, -0.15) is 0 Å². The highest BCUT2D eigenvalue weighted by Crippen LogP contribution is 2.12. The molecule has 0 aromatic rings. The van der Waals surface area contributed by atoms with Crippen LogP contribution in [0.25, 0.3) is 0 Å². The molecule has 2 N–H and O–H groups in total. The first kappa shape index (κ1) is 11.9. The van der Waals surface area contributed by atoms with Crippen LogP contribution in [0.4, 0.5) is 0 Å². The monoisotopic (exact) mass is 222 g/mol. The van der Waals surface area contributed by atoms with E-state index >= 15 is 0 Å². The summed E-state index contributed by atoms with van der Waals surface area (Å²) in [4.78, 5) is 0. The van der Waals surface area contributed by atoms with Crippen LogP contribution in [0.3, 0.4) is 0 Å². The van der Waals surface area contributed by atoms with Crippen LogP contribution in [0, 0.1) is 0 Å². The third kappa shape index (κ3) is 3.20. The molecule has 0 amide bonds. The first-order valence-corrected chi connectivity index (χ1v) is 6.48. The molecule has 0 aliphatic carbocycles. The summed E-state index contributed by atoms with van der Waals surface area (Å²) in [5, 5.41) is 0. The third-order valence-electron chi connectivity index (χ3n) is 2.27. The molecule has 1 heterocycles. The Morgan fingerprint density at radius 1 is 1.57 bits per heavy atom. The average molecular weight is 222 g/mol. The topological polar surface area (TPSA) is 72.6 Å². The molecule has 1 aliphatic rings. The van der Waals surface area contributed by atoms with Crippen molar-refractivity contribution < 1.29 is 13.2 Å². The van der Waals surface area contributed by atoms with Gasteiger partial charge in [-0.25, -0.2) is 12.7 Å². The summed E-state index contributed by atoms with van der Waals surface area (Å²) in [7, 11) is -3.14. The smallest absolute Gasteiger partial charge is 0.216 e. The summed E-state index contributed by atoms with van der Waals surface area (Å²) < 4.78 is 29.8. The van der Waals surface area contributed by atoms with Crippen LogP contribution in [0.1, 0.15) is 13.3 Å². The van der Waals surface area contributed by atoms with E-state index in [0.717, 1.165) is 6.42 Å². The fourth-order valence-electron chi connectivity index (χ4n) is 1.44. The van der Waals surface area contributed by atoms with Gasteiger partial charge < -0.3 is 10.5 Å². The zero-order valence-electron chi connectivity index (χ0n) is 8.48. The first-order chi connectivity index (χ1) is 6.56. The summed E-state index contributed by atoms with van der Waals surface area (Å²) in [5.74, 6) is 0.0631. The summed E-state index contributed by atoms with van der Waals surface area (Å²) in [5.41, 5.74) is 5.64. The SMILES string of the molecule is CCOCCS(=O)(=O)N1CC[C@H](N)C1. The molecule has 1 aliphatic heterocycles. The van der Waals surface area contributed by atoms with Crippen LogP contribution in [-0.4, -0.2) is 50.8 Å². The van der Waals surface area contributed by atoms with E-state index in [2.05, 4.69) is 0 Å². The molecule has 1 atom stereocenters. The standard InChI is InChI=1S/C8H18N2O3S/c1-2-13-5-6-14(11,12)10-4-3-8(9)7-10/h8H,2-7,9H2,1H3/t8-/m0/s1. The van der Waals surface area contributed by atoms with Gasteiger partial charge in [0.15, 0.2) is 0 Å². The lowest BCUT2D eigenvalue weighted by Crippen LogP contribution is -2.34. The number of sulfonamides is 1. The van der Waals surface area contributed by atoms with Crippen LogP contribution in [0.15, 0.2) is 0 Å². The van der Waals surface area contributed by atoms with Crippen molar-refractivity contribution in [2.75, 3.05) is 32.1 Å². The largest absolute Gasteiger partial charge is 0.381 e. The predicted octanol–water partition coefficient (Wildman–Crippen LogP) is -0.614. The van der Waals surface area contributed by atoms with Crippen molar-refractivity contribution in [1.29, 1.82) is 0 Å². The summed E-state index contributed by atoms with van der Waals surface area (Å²) in [6.07, 6.45) is 0.758. The third-order valence-corrected chi connectivity index (χ3v) is 4.07. The van der Waals surface area contributed by atoms with Gasteiger partial charge in [0.1, 0.15) is 0 Å². The maximum Gasteiger partial charge on any atom is 0.216 e. The second-order valence-electron chi connectivity index (χ2n) is 3.42. The van der Waals surface area contributed by atoms with Gasteiger partial charge in [0, 0.05) is 25.7 Å². The van der Waals surface area contributed by atoms with Gasteiger partial charge in [-0.3, -0.25) is 0 Å². The molecule has 0 aromatic carbocycles. The van der Waals surface area contributed by atoms with Gasteiger partial charge in [0.05, 0.1) is 12.4 Å². The molecule has 84 valence electrons. The Hall–Kier alpha value is -0.170. The number of hydrogen-bond donors (Lipinski definition) is 1. The lowest BCUT2D eigenvalue weighted by molar-refractivity contribution is 0.162. The first-order valence-electron chi connectivity index (χ1n) is 4.87. The molecule has 1 fully saturated rings. The Kier molecular flexibility index (Phi) is 4.31. The van der Waals surface area contributed by atoms with E-state index in [9.17, 15) is 8.42 Å². The van der Waals surface area contributed by atoms with Gasteiger partial charge in [-0.05, 0) is 13.3 Å². The Labute approximate surface area is 85.3 Å². The van der Waals surface area contributed by atoms with Crippen LogP contribution in [0.5, 0.6) is 0 Å². The molecule has 6 heteroatoms. The Morgan fingerprint density at radius 3 is 2.79 bits per heavy atom. The maximum absolute atomic E-state index is 11.6. The molecule has 0 bridgehead atoms. The van der Waals surface area contributed by atoms with Crippen LogP contribution in [-0.2, 0) is 14.8 Å². The van der Waals surface area contributed by atoms with Crippen molar-refractivity contribution >= 4 is 10.0 Å². The molecule has 0 unspecified atom stereocenters. The van der Waals surface area contributed by atoms with Gasteiger partial charge in [-0.15, -0.1) is 0 Å². The highest BCUT2D eigenvalue weighted by atomic mass is 32.2. The minimum absolute atomic E-state index is 0.00290. The zero-order valence-corrected chi connectivity index (χ0v) is 9.29. The van der Waals surface area contributed by atoms with Crippen molar-refractivity contribution in [2.45, 2.75) is 19.4 Å². The van der Waals surface area contributed by atoms with Crippen LogP contribution < -0.4 is 5.73 Å². The summed E-state index contributed by atoms with van der Waals surface area (Å²) in [6, 6.07) is -0.00290. The van der Waals surface area contributed by atoms with E-state index in [1.807, 2.05) is 6.92 Å².